The van der Waals surface area contributed by atoms with Crippen molar-refractivity contribution in [1.82, 2.24) is 4.98 Å². The van der Waals surface area contributed by atoms with Crippen LogP contribution in [0.1, 0.15) is 23.2 Å². The molecule has 0 radical (unpaired) electrons. The van der Waals surface area contributed by atoms with Crippen LogP contribution in [0.5, 0.6) is 5.75 Å². The minimum atomic E-state index is -0.451. The van der Waals surface area contributed by atoms with Gasteiger partial charge in [0.05, 0.1) is 13.7 Å². The zero-order chi connectivity index (χ0) is 14.5. The van der Waals surface area contributed by atoms with Crippen LogP contribution in [0.2, 0.25) is 0 Å². The van der Waals surface area contributed by atoms with Gasteiger partial charge in [-0.25, -0.2) is 9.78 Å². The van der Waals surface area contributed by atoms with Gasteiger partial charge in [0.25, 0.3) is 0 Å². The van der Waals surface area contributed by atoms with Crippen LogP contribution in [0, 0.1) is 0 Å². The number of methoxy groups -OCH3 is 1. The second-order valence-electron chi connectivity index (χ2n) is 4.09. The first kappa shape index (κ1) is 14.2. The molecule has 0 saturated heterocycles. The van der Waals surface area contributed by atoms with E-state index in [4.69, 9.17) is 13.9 Å². The Morgan fingerprint density at radius 1 is 1.35 bits per heavy atom. The molecule has 0 aliphatic carbocycles. The lowest BCUT2D eigenvalue weighted by atomic mass is 10.0. The SMILES string of the molecule is BCc1oc(-c2ccc(OC)cc2)nc1C(=O)OCC. The first-order valence-electron chi connectivity index (χ1n) is 6.50. The van der Waals surface area contributed by atoms with Crippen molar-refractivity contribution >= 4 is 13.8 Å². The Kier molecular flexibility index (Phi) is 4.45. The first-order chi connectivity index (χ1) is 9.69. The third kappa shape index (κ3) is 2.84. The molecule has 104 valence electrons. The molecule has 0 aliphatic heterocycles. The Morgan fingerprint density at radius 3 is 2.60 bits per heavy atom. The predicted octanol–water partition coefficient (Wildman–Crippen LogP) is 1.66. The van der Waals surface area contributed by atoms with Crippen LogP contribution in [0.4, 0.5) is 0 Å². The highest BCUT2D eigenvalue weighted by Gasteiger charge is 2.20. The molecule has 1 aromatic heterocycles. The van der Waals surface area contributed by atoms with Crippen molar-refractivity contribution in [2.45, 2.75) is 13.2 Å². The smallest absolute Gasteiger partial charge is 0.360 e. The van der Waals surface area contributed by atoms with Crippen LogP contribution in [0.3, 0.4) is 0 Å². The molecule has 0 N–H and O–H groups in total. The molecular weight excluding hydrogens is 257 g/mol. The molecule has 20 heavy (non-hydrogen) atoms. The van der Waals surface area contributed by atoms with E-state index in [2.05, 4.69) is 4.98 Å². The van der Waals surface area contributed by atoms with Gasteiger partial charge in [-0.2, -0.15) is 0 Å². The first-order valence-corrected chi connectivity index (χ1v) is 6.50. The molecule has 6 heteroatoms. The normalized spacial score (nSPS) is 10.3. The number of hydrogen-bond acceptors (Lipinski definition) is 5. The number of rotatable bonds is 5. The number of hydrogen-bond donors (Lipinski definition) is 0. The molecule has 0 fully saturated rings. The molecule has 0 unspecified atom stereocenters. The molecule has 5 nitrogen and oxygen atoms in total. The largest absolute Gasteiger partial charge is 0.497 e. The molecule has 0 aliphatic rings. The summed E-state index contributed by atoms with van der Waals surface area (Å²) < 4.78 is 15.7. The van der Waals surface area contributed by atoms with Gasteiger partial charge in [-0.15, -0.1) is 0 Å². The van der Waals surface area contributed by atoms with E-state index in [-0.39, 0.29) is 5.69 Å². The lowest BCUT2D eigenvalue weighted by Crippen LogP contribution is -2.07. The number of aromatic nitrogens is 1. The van der Waals surface area contributed by atoms with Crippen molar-refractivity contribution < 1.29 is 18.7 Å². The minimum Gasteiger partial charge on any atom is -0.497 e. The zero-order valence-corrected chi connectivity index (χ0v) is 11.8. The van der Waals surface area contributed by atoms with Crippen LogP contribution < -0.4 is 4.74 Å². The molecule has 1 aromatic carbocycles. The lowest BCUT2D eigenvalue weighted by molar-refractivity contribution is 0.0518. The number of oxazole rings is 1. The maximum atomic E-state index is 11.8. The summed E-state index contributed by atoms with van der Waals surface area (Å²) in [6.07, 6.45) is 0.581. The van der Waals surface area contributed by atoms with Crippen molar-refractivity contribution in [3.63, 3.8) is 0 Å². The summed E-state index contributed by atoms with van der Waals surface area (Å²) in [4.78, 5) is 16.0. The highest BCUT2D eigenvalue weighted by atomic mass is 16.5. The quantitative estimate of drug-likeness (QED) is 0.612. The van der Waals surface area contributed by atoms with Crippen LogP contribution in [0.15, 0.2) is 28.7 Å². The van der Waals surface area contributed by atoms with E-state index in [0.29, 0.717) is 24.6 Å². The summed E-state index contributed by atoms with van der Waals surface area (Å²) in [5.74, 6) is 1.25. The van der Waals surface area contributed by atoms with E-state index in [9.17, 15) is 4.79 Å². The van der Waals surface area contributed by atoms with Gasteiger partial charge in [-0.05, 0) is 37.5 Å². The maximum absolute atomic E-state index is 11.8. The number of benzene rings is 1. The third-order valence-electron chi connectivity index (χ3n) is 2.82. The van der Waals surface area contributed by atoms with Crippen molar-refractivity contribution in [1.29, 1.82) is 0 Å². The fourth-order valence-corrected chi connectivity index (χ4v) is 1.81. The topological polar surface area (TPSA) is 61.6 Å². The Morgan fingerprint density at radius 2 is 2.05 bits per heavy atom. The second-order valence-corrected chi connectivity index (χ2v) is 4.09. The van der Waals surface area contributed by atoms with Gasteiger partial charge in [0, 0.05) is 5.56 Å². The summed E-state index contributed by atoms with van der Waals surface area (Å²) in [6.45, 7) is 2.07. The lowest BCUT2D eigenvalue weighted by Gasteiger charge is -1.99. The van der Waals surface area contributed by atoms with Gasteiger partial charge in [0.1, 0.15) is 19.4 Å². The van der Waals surface area contributed by atoms with Gasteiger partial charge in [-0.3, -0.25) is 0 Å². The van der Waals surface area contributed by atoms with E-state index in [1.54, 1.807) is 14.0 Å². The van der Waals surface area contributed by atoms with Crippen molar-refractivity contribution in [2.75, 3.05) is 13.7 Å². The molecule has 0 atom stereocenters. The van der Waals surface area contributed by atoms with Gasteiger partial charge >= 0.3 is 5.97 Å². The second kappa shape index (κ2) is 6.28. The van der Waals surface area contributed by atoms with Gasteiger partial charge in [0.2, 0.25) is 5.89 Å². The van der Waals surface area contributed by atoms with Crippen molar-refractivity contribution in [2.24, 2.45) is 0 Å². The molecular formula is C14H16BNO4. The molecule has 2 rings (SSSR count). The summed E-state index contributed by atoms with van der Waals surface area (Å²) in [6, 6.07) is 7.29. The zero-order valence-electron chi connectivity index (χ0n) is 11.8. The van der Waals surface area contributed by atoms with Gasteiger partial charge < -0.3 is 13.9 Å². The highest BCUT2D eigenvalue weighted by molar-refractivity contribution is 6.09. The standard InChI is InChI=1S/C14H16BNO4/c1-3-19-14(17)12-11(8-15)20-13(16-12)9-4-6-10(18-2)7-5-9/h4-7H,3,8,15H2,1-2H3. The average Bonchev–Trinajstić information content (AvgIpc) is 2.92. The van der Waals surface area contributed by atoms with Gasteiger partial charge in [0.15, 0.2) is 5.69 Å². The van der Waals surface area contributed by atoms with E-state index in [1.807, 2.05) is 32.1 Å². The van der Waals surface area contributed by atoms with E-state index in [1.165, 1.54) is 0 Å². The Labute approximate surface area is 118 Å². The molecule has 1 heterocycles. The number of nitrogens with zero attached hydrogens (tertiary/aromatic N) is 1. The summed E-state index contributed by atoms with van der Waals surface area (Å²) in [5, 5.41) is 0. The van der Waals surface area contributed by atoms with Gasteiger partial charge in [-0.1, -0.05) is 0 Å². The van der Waals surface area contributed by atoms with Crippen LogP contribution >= 0.6 is 0 Å². The van der Waals surface area contributed by atoms with Crippen LogP contribution in [0.25, 0.3) is 11.5 Å². The minimum absolute atomic E-state index is 0.250. The fraction of sp³-hybridized carbons (Fsp3) is 0.286. The summed E-state index contributed by atoms with van der Waals surface area (Å²) >= 11 is 0. The van der Waals surface area contributed by atoms with Crippen LogP contribution in [-0.2, 0) is 11.1 Å². The van der Waals surface area contributed by atoms with Crippen molar-refractivity contribution in [3.05, 3.63) is 35.7 Å². The maximum Gasteiger partial charge on any atom is 0.360 e. The number of ether oxygens (including phenoxy) is 2. The number of carbonyl (C=O) groups excluding carboxylic acids is 1. The number of carbonyl (C=O) groups is 1. The summed E-state index contributed by atoms with van der Waals surface area (Å²) in [5.41, 5.74) is 1.04. The molecule has 0 bridgehead atoms. The Balaban J connectivity index is 2.34. The van der Waals surface area contributed by atoms with Crippen LogP contribution in [-0.4, -0.2) is 32.5 Å². The van der Waals surface area contributed by atoms with E-state index < -0.39 is 5.97 Å². The molecule has 0 saturated carbocycles. The third-order valence-corrected chi connectivity index (χ3v) is 2.82. The Bertz CT molecular complexity index is 592. The predicted molar refractivity (Wildman–Crippen MR) is 76.7 cm³/mol. The molecule has 2 aromatic rings. The molecule has 0 amide bonds. The average molecular weight is 273 g/mol. The Hall–Kier alpha value is -2.24. The van der Waals surface area contributed by atoms with E-state index in [0.717, 1.165) is 11.3 Å². The number of esters is 1. The summed E-state index contributed by atoms with van der Waals surface area (Å²) in [7, 11) is 3.51. The van der Waals surface area contributed by atoms with Crippen molar-refractivity contribution in [3.8, 4) is 17.2 Å². The highest BCUT2D eigenvalue weighted by Crippen LogP contribution is 2.24. The fourth-order valence-electron chi connectivity index (χ4n) is 1.81. The van der Waals surface area contributed by atoms with E-state index >= 15 is 0 Å². The molecule has 0 spiro atoms. The monoisotopic (exact) mass is 273 g/mol.